The maximum Gasteiger partial charge on any atom is 0.204 e. The zero-order chi connectivity index (χ0) is 16.8. The molecule has 2 rings (SSSR count). The molecule has 0 fully saturated rings. The molecule has 23 heavy (non-hydrogen) atoms. The molecule has 2 aromatic rings. The molecule has 0 aliphatic carbocycles. The Hall–Kier alpha value is -1.98. The quantitative estimate of drug-likeness (QED) is 0.817. The van der Waals surface area contributed by atoms with E-state index < -0.39 is 6.10 Å². The van der Waals surface area contributed by atoms with Crippen LogP contribution in [-0.4, -0.2) is 26.4 Å². The molecular weight excluding hydrogens is 360 g/mol. The van der Waals surface area contributed by atoms with Crippen LogP contribution >= 0.6 is 15.9 Å². The minimum Gasteiger partial charge on any atom is -0.493 e. The lowest BCUT2D eigenvalue weighted by Gasteiger charge is -2.18. The van der Waals surface area contributed by atoms with Crippen molar-refractivity contribution in [2.24, 2.45) is 0 Å². The van der Waals surface area contributed by atoms with Crippen LogP contribution in [-0.2, 0) is 0 Å². The van der Waals surface area contributed by atoms with Crippen LogP contribution in [0.1, 0.15) is 17.2 Å². The first kappa shape index (κ1) is 17.4. The van der Waals surface area contributed by atoms with Crippen molar-refractivity contribution >= 4 is 22.0 Å². The average Bonchev–Trinajstić information content (AvgIpc) is 2.59. The standard InChI is InChI=1S/C18H19BrO4/c1-21-15-11-13(16(19)18(23-3)17(15)22-2)14(20)10-9-12-7-5-4-6-8-12/h4-11,14,20H,1-3H3/b10-9+. The van der Waals surface area contributed by atoms with Gasteiger partial charge in [0.2, 0.25) is 5.75 Å². The predicted molar refractivity (Wildman–Crippen MR) is 94.2 cm³/mol. The van der Waals surface area contributed by atoms with E-state index in [4.69, 9.17) is 14.2 Å². The zero-order valence-corrected chi connectivity index (χ0v) is 14.8. The molecule has 0 spiro atoms. The molecule has 4 nitrogen and oxygen atoms in total. The summed E-state index contributed by atoms with van der Waals surface area (Å²) < 4.78 is 16.7. The summed E-state index contributed by atoms with van der Waals surface area (Å²) in [6.07, 6.45) is 2.75. The van der Waals surface area contributed by atoms with Gasteiger partial charge in [0.1, 0.15) is 0 Å². The van der Waals surface area contributed by atoms with Crippen LogP contribution < -0.4 is 14.2 Å². The first-order valence-corrected chi connectivity index (χ1v) is 7.81. The maximum atomic E-state index is 10.5. The van der Waals surface area contributed by atoms with E-state index in [9.17, 15) is 5.11 Å². The summed E-state index contributed by atoms with van der Waals surface area (Å²) in [5, 5.41) is 10.5. The molecule has 5 heteroatoms. The molecule has 0 bridgehead atoms. The molecule has 0 heterocycles. The van der Waals surface area contributed by atoms with Gasteiger partial charge in [0.25, 0.3) is 0 Å². The first-order chi connectivity index (χ1) is 11.1. The van der Waals surface area contributed by atoms with E-state index >= 15 is 0 Å². The third kappa shape index (κ3) is 3.86. The molecule has 1 N–H and O–H groups in total. The molecule has 0 saturated carbocycles. The summed E-state index contributed by atoms with van der Waals surface area (Å²) in [5.74, 6) is 1.45. The Balaban J connectivity index is 2.40. The van der Waals surface area contributed by atoms with Crippen LogP contribution in [0.15, 0.2) is 46.9 Å². The van der Waals surface area contributed by atoms with Gasteiger partial charge in [-0.2, -0.15) is 0 Å². The van der Waals surface area contributed by atoms with Crippen molar-refractivity contribution in [3.63, 3.8) is 0 Å². The Kier molecular flexibility index (Phi) is 6.07. The fourth-order valence-electron chi connectivity index (χ4n) is 2.23. The van der Waals surface area contributed by atoms with Gasteiger partial charge < -0.3 is 19.3 Å². The third-order valence-electron chi connectivity index (χ3n) is 3.39. The SMILES string of the molecule is COc1cc(C(O)/C=C/c2ccccc2)c(Br)c(OC)c1OC. The van der Waals surface area contributed by atoms with Crippen molar-refractivity contribution in [3.8, 4) is 17.2 Å². The molecule has 0 saturated heterocycles. The van der Waals surface area contributed by atoms with Gasteiger partial charge in [0, 0.05) is 5.56 Å². The number of benzene rings is 2. The fraction of sp³-hybridized carbons (Fsp3) is 0.222. The Bertz CT molecular complexity index is 683. The summed E-state index contributed by atoms with van der Waals surface area (Å²) in [4.78, 5) is 0. The van der Waals surface area contributed by atoms with Crippen LogP contribution in [0.3, 0.4) is 0 Å². The highest BCUT2D eigenvalue weighted by atomic mass is 79.9. The molecule has 1 unspecified atom stereocenters. The molecule has 0 amide bonds. The lowest BCUT2D eigenvalue weighted by Crippen LogP contribution is -2.02. The first-order valence-electron chi connectivity index (χ1n) is 7.02. The Morgan fingerprint density at radius 1 is 1.00 bits per heavy atom. The van der Waals surface area contributed by atoms with Crippen LogP contribution in [0.4, 0.5) is 0 Å². The molecule has 122 valence electrons. The van der Waals surface area contributed by atoms with Gasteiger partial charge in [-0.25, -0.2) is 0 Å². The molecule has 0 aliphatic rings. The molecule has 1 atom stereocenters. The lowest BCUT2D eigenvalue weighted by atomic mass is 10.1. The van der Waals surface area contributed by atoms with Gasteiger partial charge in [0.05, 0.1) is 31.9 Å². The molecule has 0 aromatic heterocycles. The number of halogens is 1. The summed E-state index contributed by atoms with van der Waals surface area (Å²) in [6, 6.07) is 11.5. The molecule has 0 aliphatic heterocycles. The van der Waals surface area contributed by atoms with Gasteiger partial charge >= 0.3 is 0 Å². The Morgan fingerprint density at radius 3 is 2.22 bits per heavy atom. The number of methoxy groups -OCH3 is 3. The highest BCUT2D eigenvalue weighted by molar-refractivity contribution is 9.10. The van der Waals surface area contributed by atoms with Crippen molar-refractivity contribution in [2.45, 2.75) is 6.10 Å². The third-order valence-corrected chi connectivity index (χ3v) is 4.20. The minimum atomic E-state index is -0.821. The van der Waals surface area contributed by atoms with Crippen LogP contribution in [0.5, 0.6) is 17.2 Å². The summed E-state index contributed by atoms with van der Waals surface area (Å²) in [6.45, 7) is 0. The molecule has 0 radical (unpaired) electrons. The van der Waals surface area contributed by atoms with Gasteiger partial charge in [-0.05, 0) is 27.6 Å². The Morgan fingerprint density at radius 2 is 1.65 bits per heavy atom. The van der Waals surface area contributed by atoms with Gasteiger partial charge in [0.15, 0.2) is 11.5 Å². The van der Waals surface area contributed by atoms with Gasteiger partial charge in [-0.3, -0.25) is 0 Å². The van der Waals surface area contributed by atoms with E-state index in [2.05, 4.69) is 15.9 Å². The van der Waals surface area contributed by atoms with E-state index in [1.54, 1.807) is 19.3 Å². The van der Waals surface area contributed by atoms with Crippen molar-refractivity contribution in [1.29, 1.82) is 0 Å². The predicted octanol–water partition coefficient (Wildman–Crippen LogP) is 4.22. The highest BCUT2D eigenvalue weighted by Crippen LogP contribution is 2.46. The van der Waals surface area contributed by atoms with Crippen molar-refractivity contribution in [3.05, 3.63) is 58.1 Å². The number of rotatable bonds is 6. The van der Waals surface area contributed by atoms with E-state index in [0.717, 1.165) is 5.56 Å². The summed E-state index contributed by atoms with van der Waals surface area (Å²) >= 11 is 3.47. The van der Waals surface area contributed by atoms with Crippen molar-refractivity contribution in [1.82, 2.24) is 0 Å². The van der Waals surface area contributed by atoms with Gasteiger partial charge in [-0.15, -0.1) is 0 Å². The van der Waals surface area contributed by atoms with Crippen LogP contribution in [0, 0.1) is 0 Å². The molecular formula is C18H19BrO4. The smallest absolute Gasteiger partial charge is 0.204 e. The second-order valence-corrected chi connectivity index (χ2v) is 5.56. The normalized spacial score (nSPS) is 12.2. The average molecular weight is 379 g/mol. The van der Waals surface area contributed by atoms with Crippen molar-refractivity contribution in [2.75, 3.05) is 21.3 Å². The van der Waals surface area contributed by atoms with E-state index in [1.165, 1.54) is 14.2 Å². The van der Waals surface area contributed by atoms with Gasteiger partial charge in [-0.1, -0.05) is 42.5 Å². The second kappa shape index (κ2) is 8.04. The van der Waals surface area contributed by atoms with E-state index in [1.807, 2.05) is 36.4 Å². The summed E-state index contributed by atoms with van der Waals surface area (Å²) in [5.41, 5.74) is 1.64. The largest absolute Gasteiger partial charge is 0.493 e. The zero-order valence-electron chi connectivity index (χ0n) is 13.2. The number of hydrogen-bond donors (Lipinski definition) is 1. The number of ether oxygens (including phenoxy) is 3. The monoisotopic (exact) mass is 378 g/mol. The fourth-order valence-corrected chi connectivity index (χ4v) is 2.92. The number of hydrogen-bond acceptors (Lipinski definition) is 4. The Labute approximate surface area is 144 Å². The summed E-state index contributed by atoms with van der Waals surface area (Å²) in [7, 11) is 4.62. The number of aliphatic hydroxyl groups is 1. The van der Waals surface area contributed by atoms with Crippen LogP contribution in [0.25, 0.3) is 6.08 Å². The van der Waals surface area contributed by atoms with Crippen molar-refractivity contribution < 1.29 is 19.3 Å². The molecule has 2 aromatic carbocycles. The highest BCUT2D eigenvalue weighted by Gasteiger charge is 2.21. The van der Waals surface area contributed by atoms with E-state index in [0.29, 0.717) is 27.3 Å². The maximum absolute atomic E-state index is 10.5. The lowest BCUT2D eigenvalue weighted by molar-refractivity contribution is 0.226. The minimum absolute atomic E-state index is 0.477. The second-order valence-electron chi connectivity index (χ2n) is 4.76. The van der Waals surface area contributed by atoms with E-state index in [-0.39, 0.29) is 0 Å². The topological polar surface area (TPSA) is 47.9 Å². The van der Waals surface area contributed by atoms with Crippen LogP contribution in [0.2, 0.25) is 0 Å². The number of aliphatic hydroxyl groups excluding tert-OH is 1.